The van der Waals surface area contributed by atoms with Crippen LogP contribution in [0.3, 0.4) is 0 Å². The molecule has 0 saturated carbocycles. The molecule has 3 aromatic rings. The number of nitrogens with one attached hydrogen (secondary N) is 1. The van der Waals surface area contributed by atoms with Crippen molar-refractivity contribution < 1.29 is 9.84 Å². The van der Waals surface area contributed by atoms with Gasteiger partial charge in [0.25, 0.3) is 0 Å². The molecule has 3 aromatic carbocycles. The highest BCUT2D eigenvalue weighted by Crippen LogP contribution is 2.33. The highest BCUT2D eigenvalue weighted by Gasteiger charge is 2.23. The molecule has 0 aromatic heterocycles. The zero-order valence-corrected chi connectivity index (χ0v) is 14.6. The number of ether oxygens (including phenoxy) is 1. The van der Waals surface area contributed by atoms with Crippen LogP contribution in [-0.2, 0) is 0 Å². The predicted octanol–water partition coefficient (Wildman–Crippen LogP) is 5.24. The molecule has 0 aliphatic rings. The minimum Gasteiger partial charge on any atom is -0.497 e. The second-order valence-electron chi connectivity index (χ2n) is 5.76. The third-order valence-corrected chi connectivity index (χ3v) is 4.35. The monoisotopic (exact) mass is 353 g/mol. The molecule has 25 heavy (non-hydrogen) atoms. The van der Waals surface area contributed by atoms with Crippen LogP contribution in [0.15, 0.2) is 78.9 Å². The van der Waals surface area contributed by atoms with Crippen LogP contribution < -0.4 is 10.1 Å². The molecule has 2 atom stereocenters. The SMILES string of the molecule is COc1ccc(C(O)C(Nc2ccccc2)c2ccc(Cl)cc2)cc1. The Morgan fingerprint density at radius 1 is 0.840 bits per heavy atom. The van der Waals surface area contributed by atoms with E-state index in [2.05, 4.69) is 5.32 Å². The first kappa shape index (κ1) is 17.3. The standard InChI is InChI=1S/C21H20ClNO2/c1-25-19-13-9-16(10-14-19)21(24)20(15-7-11-17(22)12-8-15)23-18-5-3-2-4-6-18/h2-14,20-21,23-24H,1H3. The van der Waals surface area contributed by atoms with Crippen LogP contribution in [0.5, 0.6) is 5.75 Å². The smallest absolute Gasteiger partial charge is 0.118 e. The van der Waals surface area contributed by atoms with Gasteiger partial charge in [-0.25, -0.2) is 0 Å². The molecule has 0 amide bonds. The van der Waals surface area contributed by atoms with Gasteiger partial charge in [0.05, 0.1) is 13.2 Å². The number of aliphatic hydroxyl groups is 1. The fourth-order valence-corrected chi connectivity index (χ4v) is 2.85. The first-order valence-corrected chi connectivity index (χ1v) is 8.44. The van der Waals surface area contributed by atoms with Gasteiger partial charge in [-0.1, -0.05) is 54.1 Å². The molecule has 2 N–H and O–H groups in total. The van der Waals surface area contributed by atoms with Crippen LogP contribution in [0, 0.1) is 0 Å². The zero-order chi connectivity index (χ0) is 17.6. The summed E-state index contributed by atoms with van der Waals surface area (Å²) in [5.74, 6) is 0.759. The molecule has 4 heteroatoms. The minimum atomic E-state index is -0.729. The predicted molar refractivity (Wildman–Crippen MR) is 102 cm³/mol. The van der Waals surface area contributed by atoms with Crippen molar-refractivity contribution in [1.29, 1.82) is 0 Å². The van der Waals surface area contributed by atoms with Gasteiger partial charge < -0.3 is 15.2 Å². The summed E-state index contributed by atoms with van der Waals surface area (Å²) in [5.41, 5.74) is 2.70. The first-order chi connectivity index (χ1) is 12.2. The number of rotatable bonds is 6. The van der Waals surface area contributed by atoms with Crippen molar-refractivity contribution in [2.24, 2.45) is 0 Å². The van der Waals surface area contributed by atoms with Crippen LogP contribution in [0.25, 0.3) is 0 Å². The van der Waals surface area contributed by atoms with E-state index in [4.69, 9.17) is 16.3 Å². The fraction of sp³-hybridized carbons (Fsp3) is 0.143. The maximum absolute atomic E-state index is 11.0. The van der Waals surface area contributed by atoms with Crippen molar-refractivity contribution in [3.8, 4) is 5.75 Å². The Labute approximate surface area is 152 Å². The summed E-state index contributed by atoms with van der Waals surface area (Å²) in [7, 11) is 1.62. The van der Waals surface area contributed by atoms with Crippen LogP contribution >= 0.6 is 11.6 Å². The summed E-state index contributed by atoms with van der Waals surface area (Å²) in [4.78, 5) is 0. The Morgan fingerprint density at radius 3 is 2.04 bits per heavy atom. The van der Waals surface area contributed by atoms with Crippen molar-refractivity contribution in [3.63, 3.8) is 0 Å². The summed E-state index contributed by atoms with van der Waals surface area (Å²) < 4.78 is 5.19. The summed E-state index contributed by atoms with van der Waals surface area (Å²) in [6, 6.07) is 24.5. The number of benzene rings is 3. The third-order valence-electron chi connectivity index (χ3n) is 4.10. The number of anilines is 1. The highest BCUT2D eigenvalue weighted by molar-refractivity contribution is 6.30. The van der Waals surface area contributed by atoms with Crippen molar-refractivity contribution in [1.82, 2.24) is 0 Å². The fourth-order valence-electron chi connectivity index (χ4n) is 2.72. The maximum atomic E-state index is 11.0. The van der Waals surface area contributed by atoms with Gasteiger partial charge in [0.2, 0.25) is 0 Å². The molecule has 3 rings (SSSR count). The number of hydrogen-bond acceptors (Lipinski definition) is 3. The second kappa shape index (κ2) is 8.06. The topological polar surface area (TPSA) is 41.5 Å². The second-order valence-corrected chi connectivity index (χ2v) is 6.19. The van der Waals surface area contributed by atoms with E-state index in [1.807, 2.05) is 78.9 Å². The average molecular weight is 354 g/mol. The lowest BCUT2D eigenvalue weighted by Crippen LogP contribution is -2.19. The van der Waals surface area contributed by atoms with Crippen molar-refractivity contribution in [2.75, 3.05) is 12.4 Å². The average Bonchev–Trinajstić information content (AvgIpc) is 2.67. The number of hydrogen-bond donors (Lipinski definition) is 2. The maximum Gasteiger partial charge on any atom is 0.118 e. The van der Waals surface area contributed by atoms with Gasteiger partial charge in [-0.15, -0.1) is 0 Å². The lowest BCUT2D eigenvalue weighted by Gasteiger charge is -2.26. The lowest BCUT2D eigenvalue weighted by molar-refractivity contribution is 0.155. The van der Waals surface area contributed by atoms with Crippen LogP contribution in [0.1, 0.15) is 23.3 Å². The summed E-state index contributed by atoms with van der Waals surface area (Å²) in [5, 5.41) is 15.1. The number of halogens is 1. The Bertz CT molecular complexity index is 788. The molecule has 0 aliphatic carbocycles. The van der Waals surface area contributed by atoms with Gasteiger partial charge in [0.15, 0.2) is 0 Å². The van der Waals surface area contributed by atoms with Gasteiger partial charge in [-0.05, 0) is 47.5 Å². The van der Waals surface area contributed by atoms with Crippen molar-refractivity contribution >= 4 is 17.3 Å². The number of para-hydroxylation sites is 1. The highest BCUT2D eigenvalue weighted by atomic mass is 35.5. The van der Waals surface area contributed by atoms with E-state index in [1.165, 1.54) is 0 Å². The van der Waals surface area contributed by atoms with E-state index >= 15 is 0 Å². The summed E-state index contributed by atoms with van der Waals surface area (Å²) >= 11 is 6.01. The Hall–Kier alpha value is -2.49. The van der Waals surface area contributed by atoms with Crippen LogP contribution in [-0.4, -0.2) is 12.2 Å². The van der Waals surface area contributed by atoms with Crippen molar-refractivity contribution in [2.45, 2.75) is 12.1 Å². The molecule has 0 saturated heterocycles. The van der Waals surface area contributed by atoms with E-state index < -0.39 is 6.10 Å². The summed E-state index contributed by atoms with van der Waals surface area (Å²) in [6.45, 7) is 0. The Balaban J connectivity index is 1.92. The normalized spacial score (nSPS) is 13.1. The molecule has 0 bridgehead atoms. The molecular formula is C21H20ClNO2. The van der Waals surface area contributed by atoms with Crippen molar-refractivity contribution in [3.05, 3.63) is 95.0 Å². The van der Waals surface area contributed by atoms with Crippen LogP contribution in [0.2, 0.25) is 5.02 Å². The molecule has 128 valence electrons. The van der Waals surface area contributed by atoms with Gasteiger partial charge >= 0.3 is 0 Å². The quantitative estimate of drug-likeness (QED) is 0.637. The molecule has 2 unspecified atom stereocenters. The molecule has 0 aliphatic heterocycles. The van der Waals surface area contributed by atoms with E-state index in [1.54, 1.807) is 7.11 Å². The van der Waals surface area contributed by atoms with Gasteiger partial charge in [-0.2, -0.15) is 0 Å². The minimum absolute atomic E-state index is 0.312. The first-order valence-electron chi connectivity index (χ1n) is 8.06. The van der Waals surface area contributed by atoms with Gasteiger partial charge in [-0.3, -0.25) is 0 Å². The third kappa shape index (κ3) is 4.32. The van der Waals surface area contributed by atoms with Crippen LogP contribution in [0.4, 0.5) is 5.69 Å². The number of methoxy groups -OCH3 is 1. The van der Waals surface area contributed by atoms with E-state index in [9.17, 15) is 5.11 Å². The molecule has 3 nitrogen and oxygen atoms in total. The largest absolute Gasteiger partial charge is 0.497 e. The van der Waals surface area contributed by atoms with E-state index in [-0.39, 0.29) is 6.04 Å². The summed E-state index contributed by atoms with van der Waals surface area (Å²) in [6.07, 6.45) is -0.729. The molecular weight excluding hydrogens is 334 g/mol. The van der Waals surface area contributed by atoms with E-state index in [0.29, 0.717) is 5.02 Å². The lowest BCUT2D eigenvalue weighted by atomic mass is 9.95. The Kier molecular flexibility index (Phi) is 5.59. The molecule has 0 spiro atoms. The molecule has 0 fully saturated rings. The zero-order valence-electron chi connectivity index (χ0n) is 13.9. The Morgan fingerprint density at radius 2 is 1.44 bits per heavy atom. The number of aliphatic hydroxyl groups excluding tert-OH is 1. The molecule has 0 heterocycles. The van der Waals surface area contributed by atoms with Gasteiger partial charge in [0.1, 0.15) is 11.9 Å². The molecule has 0 radical (unpaired) electrons. The van der Waals surface area contributed by atoms with E-state index in [0.717, 1.165) is 22.6 Å². The van der Waals surface area contributed by atoms with Gasteiger partial charge in [0, 0.05) is 10.7 Å².